The van der Waals surface area contributed by atoms with Crippen LogP contribution in [0.3, 0.4) is 0 Å². The molecule has 0 fully saturated rings. The first kappa shape index (κ1) is 25.2. The van der Waals surface area contributed by atoms with E-state index in [2.05, 4.69) is 9.72 Å². The van der Waals surface area contributed by atoms with Gasteiger partial charge in [0.15, 0.2) is 0 Å². The standard InChI is InChI=1S/C28H20ClF3N2O2S/c29-27-14-5-18(16-33-27)17-35-21-10-6-19(7-11-21)24-15-26(37-25-4-2-1-3-23(25)34-24)20-8-12-22(13-9-20)36-28(30,31)32/h1-14,16,26H,15,17H2. The van der Waals surface area contributed by atoms with Gasteiger partial charge in [0.25, 0.3) is 0 Å². The van der Waals surface area contributed by atoms with Crippen molar-refractivity contribution in [3.63, 3.8) is 0 Å². The summed E-state index contributed by atoms with van der Waals surface area (Å²) >= 11 is 7.47. The topological polar surface area (TPSA) is 43.7 Å². The molecule has 9 heteroatoms. The molecule has 0 aliphatic carbocycles. The number of ether oxygens (including phenoxy) is 2. The molecule has 0 spiro atoms. The number of para-hydroxylation sites is 1. The zero-order valence-electron chi connectivity index (χ0n) is 19.3. The molecule has 1 unspecified atom stereocenters. The number of halogens is 4. The lowest BCUT2D eigenvalue weighted by Crippen LogP contribution is -2.17. The second-order valence-corrected chi connectivity index (χ2v) is 9.89. The first-order valence-electron chi connectivity index (χ1n) is 11.3. The molecule has 0 bridgehead atoms. The molecule has 37 heavy (non-hydrogen) atoms. The number of pyridine rings is 1. The maximum atomic E-state index is 12.6. The van der Waals surface area contributed by atoms with Gasteiger partial charge in [-0.3, -0.25) is 4.99 Å². The highest BCUT2D eigenvalue weighted by atomic mass is 35.5. The molecule has 2 heterocycles. The Kier molecular flexibility index (Phi) is 7.39. The van der Waals surface area contributed by atoms with Gasteiger partial charge in [-0.25, -0.2) is 4.98 Å². The van der Waals surface area contributed by atoms with Crippen LogP contribution < -0.4 is 9.47 Å². The van der Waals surface area contributed by atoms with Crippen LogP contribution in [0, 0.1) is 0 Å². The maximum absolute atomic E-state index is 12.6. The number of alkyl halides is 3. The fourth-order valence-electron chi connectivity index (χ4n) is 3.87. The fraction of sp³-hybridized carbons (Fsp3) is 0.143. The normalized spacial score (nSPS) is 15.4. The van der Waals surface area contributed by atoms with Gasteiger partial charge in [-0.1, -0.05) is 41.9 Å². The summed E-state index contributed by atoms with van der Waals surface area (Å²) in [5, 5.41) is 0.386. The van der Waals surface area contributed by atoms with E-state index in [0.29, 0.717) is 23.9 Å². The summed E-state index contributed by atoms with van der Waals surface area (Å²) in [6, 6.07) is 25.2. The third kappa shape index (κ3) is 6.64. The van der Waals surface area contributed by atoms with E-state index in [0.717, 1.165) is 33.0 Å². The predicted octanol–water partition coefficient (Wildman–Crippen LogP) is 8.57. The Labute approximate surface area is 221 Å². The Morgan fingerprint density at radius 1 is 0.892 bits per heavy atom. The van der Waals surface area contributed by atoms with Gasteiger partial charge in [-0.05, 0) is 65.7 Å². The van der Waals surface area contributed by atoms with Crippen LogP contribution in [-0.4, -0.2) is 17.1 Å². The molecule has 0 amide bonds. The smallest absolute Gasteiger partial charge is 0.489 e. The highest BCUT2D eigenvalue weighted by Gasteiger charge is 2.31. The van der Waals surface area contributed by atoms with Crippen LogP contribution in [0.5, 0.6) is 11.5 Å². The Balaban J connectivity index is 1.36. The van der Waals surface area contributed by atoms with Gasteiger partial charge in [0.05, 0.1) is 5.69 Å². The van der Waals surface area contributed by atoms with Gasteiger partial charge in [-0.2, -0.15) is 0 Å². The first-order chi connectivity index (χ1) is 17.8. The van der Waals surface area contributed by atoms with E-state index in [-0.39, 0.29) is 11.0 Å². The van der Waals surface area contributed by atoms with Crippen LogP contribution in [0.25, 0.3) is 0 Å². The zero-order valence-corrected chi connectivity index (χ0v) is 20.9. The van der Waals surface area contributed by atoms with Crippen molar-refractivity contribution in [2.24, 2.45) is 4.99 Å². The van der Waals surface area contributed by atoms with Crippen LogP contribution in [-0.2, 0) is 6.61 Å². The lowest BCUT2D eigenvalue weighted by atomic mass is 10.0. The summed E-state index contributed by atoms with van der Waals surface area (Å²) in [6.45, 7) is 0.366. The molecule has 0 saturated carbocycles. The average molecular weight is 541 g/mol. The van der Waals surface area contributed by atoms with Crippen molar-refractivity contribution in [2.75, 3.05) is 0 Å². The van der Waals surface area contributed by atoms with Gasteiger partial charge in [-0.15, -0.1) is 24.9 Å². The van der Waals surface area contributed by atoms with Crippen LogP contribution in [0.15, 0.2) is 101 Å². The van der Waals surface area contributed by atoms with Crippen molar-refractivity contribution in [3.05, 3.63) is 113 Å². The lowest BCUT2D eigenvalue weighted by molar-refractivity contribution is -0.274. The molecule has 4 aromatic rings. The quantitative estimate of drug-likeness (QED) is 0.230. The predicted molar refractivity (Wildman–Crippen MR) is 139 cm³/mol. The van der Waals surface area contributed by atoms with Crippen molar-refractivity contribution >= 4 is 34.8 Å². The molecule has 5 rings (SSSR count). The minimum atomic E-state index is -4.72. The van der Waals surface area contributed by atoms with E-state index in [1.54, 1.807) is 36.2 Å². The maximum Gasteiger partial charge on any atom is 0.573 e. The first-order valence-corrected chi connectivity index (χ1v) is 12.6. The summed E-state index contributed by atoms with van der Waals surface area (Å²) < 4.78 is 47.6. The second-order valence-electron chi connectivity index (χ2n) is 8.26. The van der Waals surface area contributed by atoms with Crippen molar-refractivity contribution in [1.82, 2.24) is 4.98 Å². The second kappa shape index (κ2) is 10.9. The Bertz CT molecular complexity index is 1390. The summed E-state index contributed by atoms with van der Waals surface area (Å²) in [7, 11) is 0. The van der Waals surface area contributed by atoms with Crippen LogP contribution in [0.4, 0.5) is 18.9 Å². The summed E-state index contributed by atoms with van der Waals surface area (Å²) in [6.07, 6.45) is -2.46. The molecule has 1 aromatic heterocycles. The van der Waals surface area contributed by atoms with E-state index < -0.39 is 6.36 Å². The highest BCUT2D eigenvalue weighted by molar-refractivity contribution is 7.99. The number of hydrogen-bond acceptors (Lipinski definition) is 5. The summed E-state index contributed by atoms with van der Waals surface area (Å²) in [5.74, 6) is 0.466. The molecule has 1 atom stereocenters. The number of fused-ring (bicyclic) bond motifs is 1. The number of aromatic nitrogens is 1. The van der Waals surface area contributed by atoms with E-state index in [1.807, 2.05) is 54.6 Å². The van der Waals surface area contributed by atoms with Gasteiger partial charge in [0, 0.05) is 34.0 Å². The van der Waals surface area contributed by atoms with Gasteiger partial charge < -0.3 is 9.47 Å². The lowest BCUT2D eigenvalue weighted by Gasteiger charge is -2.17. The Morgan fingerprint density at radius 3 is 2.32 bits per heavy atom. The third-order valence-electron chi connectivity index (χ3n) is 5.64. The highest BCUT2D eigenvalue weighted by Crippen LogP contribution is 2.45. The minimum absolute atomic E-state index is 0.0457. The number of benzene rings is 3. The molecule has 3 aromatic carbocycles. The summed E-state index contributed by atoms with van der Waals surface area (Å²) in [4.78, 5) is 10.0. The molecule has 0 N–H and O–H groups in total. The van der Waals surface area contributed by atoms with Crippen molar-refractivity contribution in [2.45, 2.75) is 29.5 Å². The van der Waals surface area contributed by atoms with E-state index in [1.165, 1.54) is 12.1 Å². The molecular weight excluding hydrogens is 521 g/mol. The molecule has 4 nitrogen and oxygen atoms in total. The zero-order chi connectivity index (χ0) is 25.8. The number of nitrogens with zero attached hydrogens (tertiary/aromatic N) is 2. The molecule has 188 valence electrons. The third-order valence-corrected chi connectivity index (χ3v) is 7.18. The number of rotatable bonds is 6. The van der Waals surface area contributed by atoms with Crippen molar-refractivity contribution < 1.29 is 22.6 Å². The van der Waals surface area contributed by atoms with Crippen LogP contribution in [0.1, 0.15) is 28.4 Å². The van der Waals surface area contributed by atoms with Gasteiger partial charge >= 0.3 is 6.36 Å². The fourth-order valence-corrected chi connectivity index (χ4v) is 5.21. The number of hydrogen-bond donors (Lipinski definition) is 0. The molecule has 0 radical (unpaired) electrons. The van der Waals surface area contributed by atoms with Gasteiger partial charge in [0.1, 0.15) is 23.3 Å². The SMILES string of the molecule is FC(F)(F)Oc1ccc(C2CC(c3ccc(OCc4ccc(Cl)nc4)cc3)=Nc3ccccc3S2)cc1. The molecular formula is C28H20ClF3N2O2S. The molecule has 0 saturated heterocycles. The average Bonchev–Trinajstić information content (AvgIpc) is 3.08. The van der Waals surface area contributed by atoms with E-state index in [4.69, 9.17) is 21.3 Å². The van der Waals surface area contributed by atoms with Crippen LogP contribution in [0.2, 0.25) is 5.15 Å². The Hall–Kier alpha value is -3.49. The van der Waals surface area contributed by atoms with Gasteiger partial charge in [0.2, 0.25) is 0 Å². The number of thioether (sulfide) groups is 1. The Morgan fingerprint density at radius 2 is 1.62 bits per heavy atom. The molecule has 1 aliphatic heterocycles. The number of aliphatic imine (C=N–C) groups is 1. The van der Waals surface area contributed by atoms with E-state index in [9.17, 15) is 13.2 Å². The van der Waals surface area contributed by atoms with Crippen LogP contribution >= 0.6 is 23.4 Å². The molecule has 1 aliphatic rings. The van der Waals surface area contributed by atoms with Crippen molar-refractivity contribution in [3.8, 4) is 11.5 Å². The van der Waals surface area contributed by atoms with E-state index >= 15 is 0 Å². The summed E-state index contributed by atoms with van der Waals surface area (Å²) in [5.41, 5.74) is 4.48. The van der Waals surface area contributed by atoms with Crippen molar-refractivity contribution in [1.29, 1.82) is 0 Å². The minimum Gasteiger partial charge on any atom is -0.489 e. The monoisotopic (exact) mass is 540 g/mol. The largest absolute Gasteiger partial charge is 0.573 e.